The summed E-state index contributed by atoms with van der Waals surface area (Å²) in [5.41, 5.74) is 5.77. The average Bonchev–Trinajstić information content (AvgIpc) is 2.44. The van der Waals surface area contributed by atoms with Crippen molar-refractivity contribution in [3.8, 4) is 0 Å². The van der Waals surface area contributed by atoms with E-state index in [1.165, 1.54) is 0 Å². The minimum Gasteiger partial charge on any atom is -0.340 e. The van der Waals surface area contributed by atoms with Crippen molar-refractivity contribution in [3.05, 3.63) is 0 Å². The molecule has 1 aliphatic rings. The smallest absolute Gasteiger partial charge is 0.224 e. The second kappa shape index (κ2) is 5.64. The predicted molar refractivity (Wildman–Crippen MR) is 66.2 cm³/mol. The molecule has 1 fully saturated rings. The molecule has 0 saturated carbocycles. The maximum Gasteiger partial charge on any atom is 0.224 e. The van der Waals surface area contributed by atoms with Gasteiger partial charge in [-0.3, -0.25) is 9.69 Å². The van der Waals surface area contributed by atoms with Crippen LogP contribution in [0.25, 0.3) is 0 Å². The Kier molecular flexibility index (Phi) is 4.74. The van der Waals surface area contributed by atoms with Gasteiger partial charge in [-0.2, -0.15) is 0 Å². The van der Waals surface area contributed by atoms with Crippen LogP contribution in [0.1, 0.15) is 34.1 Å². The number of carbonyl (C=O) groups is 1. The molecule has 1 aliphatic heterocycles. The normalized spacial score (nSPS) is 21.9. The third-order valence-corrected chi connectivity index (χ3v) is 3.20. The number of rotatable bonds is 5. The molecule has 0 aromatic rings. The average molecular weight is 227 g/mol. The number of carbonyl (C=O) groups excluding carboxylic acids is 1. The van der Waals surface area contributed by atoms with Crippen molar-refractivity contribution >= 4 is 5.91 Å². The van der Waals surface area contributed by atoms with Crippen LogP contribution in [0.4, 0.5) is 0 Å². The first-order valence-electron chi connectivity index (χ1n) is 6.21. The molecule has 4 nitrogen and oxygen atoms in total. The van der Waals surface area contributed by atoms with E-state index >= 15 is 0 Å². The van der Waals surface area contributed by atoms with Gasteiger partial charge in [0, 0.05) is 44.2 Å². The molecule has 0 spiro atoms. The molecular weight excluding hydrogens is 202 g/mol. The Bertz CT molecular complexity index is 232. The number of amides is 1. The van der Waals surface area contributed by atoms with Crippen molar-refractivity contribution in [1.29, 1.82) is 0 Å². The molecule has 16 heavy (non-hydrogen) atoms. The monoisotopic (exact) mass is 227 g/mol. The first-order chi connectivity index (χ1) is 7.41. The van der Waals surface area contributed by atoms with Gasteiger partial charge in [-0.25, -0.2) is 0 Å². The van der Waals surface area contributed by atoms with Crippen LogP contribution in [-0.2, 0) is 4.79 Å². The molecule has 0 aliphatic carbocycles. The lowest BCUT2D eigenvalue weighted by molar-refractivity contribution is -0.128. The summed E-state index contributed by atoms with van der Waals surface area (Å²) in [5.74, 6) is 0.208. The largest absolute Gasteiger partial charge is 0.340 e. The fourth-order valence-corrected chi connectivity index (χ4v) is 2.37. The minimum absolute atomic E-state index is 0.0408. The molecule has 1 heterocycles. The lowest BCUT2D eigenvalue weighted by atomic mass is 10.2. The van der Waals surface area contributed by atoms with E-state index in [9.17, 15) is 4.79 Å². The molecule has 0 radical (unpaired) electrons. The van der Waals surface area contributed by atoms with Crippen LogP contribution < -0.4 is 5.73 Å². The maximum absolute atomic E-state index is 11.6. The molecule has 4 heteroatoms. The fraction of sp³-hybridized carbons (Fsp3) is 0.917. The first-order valence-corrected chi connectivity index (χ1v) is 6.21. The number of nitrogens with zero attached hydrogens (tertiary/aromatic N) is 2. The zero-order valence-electron chi connectivity index (χ0n) is 10.9. The Morgan fingerprint density at radius 1 is 1.38 bits per heavy atom. The lowest BCUT2D eigenvalue weighted by Gasteiger charge is -2.32. The minimum atomic E-state index is 0.0408. The van der Waals surface area contributed by atoms with Crippen molar-refractivity contribution in [2.45, 2.75) is 52.2 Å². The van der Waals surface area contributed by atoms with Crippen LogP contribution in [0.3, 0.4) is 0 Å². The predicted octanol–water partition coefficient (Wildman–Crippen LogP) is 0.665. The van der Waals surface area contributed by atoms with Crippen molar-refractivity contribution < 1.29 is 4.79 Å². The van der Waals surface area contributed by atoms with Crippen molar-refractivity contribution in [2.75, 3.05) is 19.6 Å². The SMILES string of the molecule is CC(C)N(CCN1CC(N)CC1=O)C(C)C. The van der Waals surface area contributed by atoms with E-state index in [0.717, 1.165) is 19.6 Å². The zero-order valence-corrected chi connectivity index (χ0v) is 10.9. The summed E-state index contributed by atoms with van der Waals surface area (Å²) in [6.45, 7) is 11.2. The van der Waals surface area contributed by atoms with Gasteiger partial charge in [-0.15, -0.1) is 0 Å². The Morgan fingerprint density at radius 2 is 1.94 bits per heavy atom. The number of likely N-dealkylation sites (tertiary alicyclic amines) is 1. The summed E-state index contributed by atoms with van der Waals surface area (Å²) in [6.07, 6.45) is 0.517. The summed E-state index contributed by atoms with van der Waals surface area (Å²) in [4.78, 5) is 15.9. The Hall–Kier alpha value is -0.610. The van der Waals surface area contributed by atoms with Gasteiger partial charge in [0.15, 0.2) is 0 Å². The van der Waals surface area contributed by atoms with E-state index in [2.05, 4.69) is 32.6 Å². The fourth-order valence-electron chi connectivity index (χ4n) is 2.37. The summed E-state index contributed by atoms with van der Waals surface area (Å²) in [7, 11) is 0. The highest BCUT2D eigenvalue weighted by Crippen LogP contribution is 2.10. The van der Waals surface area contributed by atoms with Crippen LogP contribution >= 0.6 is 0 Å². The molecule has 1 saturated heterocycles. The summed E-state index contributed by atoms with van der Waals surface area (Å²) >= 11 is 0. The van der Waals surface area contributed by atoms with Gasteiger partial charge in [-0.05, 0) is 27.7 Å². The highest BCUT2D eigenvalue weighted by Gasteiger charge is 2.27. The Labute approximate surface area is 98.8 Å². The van der Waals surface area contributed by atoms with E-state index < -0.39 is 0 Å². The van der Waals surface area contributed by atoms with Crippen LogP contribution in [0.15, 0.2) is 0 Å². The van der Waals surface area contributed by atoms with E-state index in [0.29, 0.717) is 18.5 Å². The lowest BCUT2D eigenvalue weighted by Crippen LogP contribution is -2.43. The van der Waals surface area contributed by atoms with Gasteiger partial charge >= 0.3 is 0 Å². The molecule has 2 N–H and O–H groups in total. The molecule has 94 valence electrons. The third-order valence-electron chi connectivity index (χ3n) is 3.20. The van der Waals surface area contributed by atoms with Gasteiger partial charge in [0.2, 0.25) is 5.91 Å². The van der Waals surface area contributed by atoms with Crippen LogP contribution in [0.2, 0.25) is 0 Å². The summed E-state index contributed by atoms with van der Waals surface area (Å²) in [6, 6.07) is 1.08. The molecule has 1 rings (SSSR count). The van der Waals surface area contributed by atoms with Crippen molar-refractivity contribution in [1.82, 2.24) is 9.80 Å². The second-order valence-electron chi connectivity index (χ2n) is 5.23. The van der Waals surface area contributed by atoms with E-state index in [4.69, 9.17) is 5.73 Å². The zero-order chi connectivity index (χ0) is 12.3. The highest BCUT2D eigenvalue weighted by molar-refractivity contribution is 5.79. The van der Waals surface area contributed by atoms with E-state index in [1.54, 1.807) is 0 Å². The number of hydrogen-bond acceptors (Lipinski definition) is 3. The molecule has 1 atom stereocenters. The Balaban J connectivity index is 2.41. The van der Waals surface area contributed by atoms with Crippen molar-refractivity contribution in [2.24, 2.45) is 5.73 Å². The third kappa shape index (κ3) is 3.46. The van der Waals surface area contributed by atoms with Crippen LogP contribution in [0.5, 0.6) is 0 Å². The molecule has 0 aromatic heterocycles. The Morgan fingerprint density at radius 3 is 2.31 bits per heavy atom. The van der Waals surface area contributed by atoms with Gasteiger partial charge in [0.1, 0.15) is 0 Å². The molecule has 1 amide bonds. The molecule has 1 unspecified atom stereocenters. The standard InChI is InChI=1S/C12H25N3O/c1-9(2)15(10(3)4)6-5-14-8-11(13)7-12(14)16/h9-11H,5-8,13H2,1-4H3. The van der Waals surface area contributed by atoms with Crippen molar-refractivity contribution in [3.63, 3.8) is 0 Å². The number of nitrogens with two attached hydrogens (primary N) is 1. The van der Waals surface area contributed by atoms with Crippen LogP contribution in [0, 0.1) is 0 Å². The summed E-state index contributed by atoms with van der Waals surface area (Å²) < 4.78 is 0. The van der Waals surface area contributed by atoms with Gasteiger partial charge in [-0.1, -0.05) is 0 Å². The first kappa shape index (κ1) is 13.5. The second-order valence-corrected chi connectivity index (χ2v) is 5.23. The number of hydrogen-bond donors (Lipinski definition) is 1. The topological polar surface area (TPSA) is 49.6 Å². The highest BCUT2D eigenvalue weighted by atomic mass is 16.2. The summed E-state index contributed by atoms with van der Waals surface area (Å²) in [5, 5.41) is 0. The van der Waals surface area contributed by atoms with E-state index in [-0.39, 0.29) is 11.9 Å². The molecular formula is C12H25N3O. The quantitative estimate of drug-likeness (QED) is 0.751. The molecule has 0 bridgehead atoms. The van der Waals surface area contributed by atoms with Crippen LogP contribution in [-0.4, -0.2) is 53.5 Å². The molecule has 0 aromatic carbocycles. The van der Waals surface area contributed by atoms with Gasteiger partial charge in [0.25, 0.3) is 0 Å². The van der Waals surface area contributed by atoms with Gasteiger partial charge < -0.3 is 10.6 Å². The van der Waals surface area contributed by atoms with E-state index in [1.807, 2.05) is 4.90 Å². The van der Waals surface area contributed by atoms with Gasteiger partial charge in [0.05, 0.1) is 0 Å². The maximum atomic E-state index is 11.6.